The van der Waals surface area contributed by atoms with E-state index in [4.69, 9.17) is 0 Å². The van der Waals surface area contributed by atoms with Gasteiger partial charge in [0.1, 0.15) is 0 Å². The van der Waals surface area contributed by atoms with Gasteiger partial charge in [-0.05, 0) is 0 Å². The summed E-state index contributed by atoms with van der Waals surface area (Å²) >= 11 is -0.691. The fourth-order valence-corrected chi connectivity index (χ4v) is 9.74. The summed E-state index contributed by atoms with van der Waals surface area (Å²) in [5.41, 5.74) is 11.1. The molecule has 0 aliphatic heterocycles. The molecule has 0 heterocycles. The minimum Gasteiger partial charge on any atom is -1.00 e. The first-order valence-corrected chi connectivity index (χ1v) is 11.0. The molecule has 1 atom stereocenters. The van der Waals surface area contributed by atoms with Crippen molar-refractivity contribution in [2.75, 3.05) is 0 Å². The summed E-state index contributed by atoms with van der Waals surface area (Å²) < 4.78 is 1.16. The molecule has 2 aliphatic rings. The molecule has 24 heavy (non-hydrogen) atoms. The Morgan fingerprint density at radius 1 is 0.917 bits per heavy atom. The van der Waals surface area contributed by atoms with E-state index in [2.05, 4.69) is 71.9 Å². The van der Waals surface area contributed by atoms with E-state index < -0.39 is 23.2 Å². The zero-order chi connectivity index (χ0) is 16.1. The second kappa shape index (κ2) is 8.65. The van der Waals surface area contributed by atoms with Gasteiger partial charge in [-0.1, -0.05) is 0 Å². The Hall–Kier alpha value is 0.783. The van der Waals surface area contributed by atoms with Crippen molar-refractivity contribution in [2.24, 2.45) is 0 Å². The van der Waals surface area contributed by atoms with E-state index >= 15 is 0 Å². The molecule has 0 nitrogen and oxygen atoms in total. The van der Waals surface area contributed by atoms with Gasteiger partial charge >= 0.3 is 147 Å². The van der Waals surface area contributed by atoms with E-state index in [0.29, 0.717) is 3.12 Å². The molecule has 1 aromatic carbocycles. The van der Waals surface area contributed by atoms with Gasteiger partial charge in [0.2, 0.25) is 0 Å². The molecule has 0 amide bonds. The maximum absolute atomic E-state index is 2.43. The summed E-state index contributed by atoms with van der Waals surface area (Å²) in [7, 11) is 0. The van der Waals surface area contributed by atoms with E-state index in [1.54, 1.807) is 33.4 Å². The average Bonchev–Trinajstić information content (AvgIpc) is 2.91. The van der Waals surface area contributed by atoms with Crippen LogP contribution in [0.4, 0.5) is 0 Å². The van der Waals surface area contributed by atoms with Crippen molar-refractivity contribution >= 4 is 6.08 Å². The molecule has 0 aromatic heterocycles. The van der Waals surface area contributed by atoms with Gasteiger partial charge < -0.3 is 48.0 Å². The second-order valence-corrected chi connectivity index (χ2v) is 11.1. The summed E-state index contributed by atoms with van der Waals surface area (Å²) in [6.07, 6.45) is 3.70. The van der Waals surface area contributed by atoms with Gasteiger partial charge in [-0.2, -0.15) is 0 Å². The van der Waals surface area contributed by atoms with Crippen molar-refractivity contribution in [1.82, 2.24) is 0 Å². The first kappa shape index (κ1) is 22.8. The zero-order valence-electron chi connectivity index (χ0n) is 15.4. The van der Waals surface area contributed by atoms with E-state index in [0.717, 1.165) is 3.63 Å². The van der Waals surface area contributed by atoms with E-state index in [1.165, 1.54) is 12.0 Å². The van der Waals surface area contributed by atoms with E-state index in [1.807, 2.05) is 0 Å². The first-order valence-electron chi connectivity index (χ1n) is 8.33. The van der Waals surface area contributed by atoms with E-state index in [9.17, 15) is 0 Å². The molecule has 3 heteroatoms. The van der Waals surface area contributed by atoms with Gasteiger partial charge in [0.05, 0.1) is 0 Å². The van der Waals surface area contributed by atoms with Crippen LogP contribution in [0.25, 0.3) is 6.08 Å². The van der Waals surface area contributed by atoms with Crippen LogP contribution in [-0.4, -0.2) is 0 Å². The fourth-order valence-electron chi connectivity index (χ4n) is 4.25. The number of hydrogen-bond acceptors (Lipinski definition) is 0. The molecule has 0 spiro atoms. The molecule has 0 saturated heterocycles. The van der Waals surface area contributed by atoms with Crippen LogP contribution in [0.1, 0.15) is 62.7 Å². The molecule has 0 radical (unpaired) electrons. The minimum atomic E-state index is -0.691. The molecule has 2 aliphatic carbocycles. The monoisotopic (exact) mass is 622 g/mol. The molecule has 1 aromatic rings. The van der Waals surface area contributed by atoms with E-state index in [-0.39, 0.29) is 48.0 Å². The third-order valence-corrected chi connectivity index (χ3v) is 12.6. The summed E-state index contributed by atoms with van der Waals surface area (Å²) in [6, 6.07) is 9.04. The topological polar surface area (TPSA) is 0 Å². The number of halogens is 2. The molecule has 0 fully saturated rings. The molecule has 0 bridgehead atoms. The molecule has 128 valence electrons. The van der Waals surface area contributed by atoms with Crippen molar-refractivity contribution in [2.45, 2.75) is 54.7 Å². The van der Waals surface area contributed by atoms with Crippen molar-refractivity contribution < 1.29 is 71.2 Å². The summed E-state index contributed by atoms with van der Waals surface area (Å²) in [4.78, 5) is 0. The van der Waals surface area contributed by atoms with Gasteiger partial charge in [-0.3, -0.25) is 0 Å². The fraction of sp³-hybridized carbons (Fsp3) is 0.429. The minimum absolute atomic E-state index is 0. The number of fused-ring (bicyclic) bond motifs is 1. The van der Waals surface area contributed by atoms with Crippen molar-refractivity contribution in [1.29, 1.82) is 0 Å². The first-order chi connectivity index (χ1) is 10.4. The molecular formula is C21H26I2Zr. The van der Waals surface area contributed by atoms with Crippen LogP contribution in [0.5, 0.6) is 0 Å². The SMILES string of the molecule is CC[C]1([Zr+2][CH]2C(C)=Cc3ccccc32)C(C)=C(C)C(C)=C1C.[I-].[I-]. The zero-order valence-corrected chi connectivity index (χ0v) is 22.2. The number of allylic oxidation sites excluding steroid dienone is 5. The second-order valence-electron chi connectivity index (χ2n) is 6.85. The Kier molecular flexibility index (Phi) is 8.22. The van der Waals surface area contributed by atoms with Crippen LogP contribution in [0.3, 0.4) is 0 Å². The van der Waals surface area contributed by atoms with Gasteiger partial charge in [-0.15, -0.1) is 0 Å². The maximum atomic E-state index is 2.43. The molecule has 1 unspecified atom stereocenters. The third kappa shape index (κ3) is 3.47. The van der Waals surface area contributed by atoms with Gasteiger partial charge in [0.15, 0.2) is 0 Å². The average molecular weight is 623 g/mol. The van der Waals surface area contributed by atoms with Crippen molar-refractivity contribution in [3.05, 3.63) is 63.3 Å². The Morgan fingerprint density at radius 2 is 1.46 bits per heavy atom. The largest absolute Gasteiger partial charge is 1.00 e. The van der Waals surface area contributed by atoms with Crippen LogP contribution in [-0.2, 0) is 23.2 Å². The van der Waals surface area contributed by atoms with Crippen molar-refractivity contribution in [3.63, 3.8) is 0 Å². The molecule has 0 saturated carbocycles. The predicted molar refractivity (Wildman–Crippen MR) is 92.6 cm³/mol. The Morgan fingerprint density at radius 3 is 2.00 bits per heavy atom. The standard InChI is InChI=1S/C11H17.C10H9.2HI.Zr/c1-6-11-9(4)7(2)8(3)10(11)5;1-8-6-9-4-2-3-5-10(9)7-8;;;/h6H2,1-5H3;2-7H,1H3;2*1H;/q;;;;+2/p-2. The van der Waals surface area contributed by atoms with Gasteiger partial charge in [-0.25, -0.2) is 0 Å². The molecule has 0 N–H and O–H groups in total. The number of hydrogen-bond donors (Lipinski definition) is 0. The Bertz CT molecular complexity index is 701. The predicted octanol–water partition coefficient (Wildman–Crippen LogP) is 0.490. The summed E-state index contributed by atoms with van der Waals surface area (Å²) in [5.74, 6) is 0. The van der Waals surface area contributed by atoms with Gasteiger partial charge in [0.25, 0.3) is 0 Å². The van der Waals surface area contributed by atoms with Crippen molar-refractivity contribution in [3.8, 4) is 0 Å². The smallest absolute Gasteiger partial charge is 1.00 e. The third-order valence-electron chi connectivity index (χ3n) is 6.03. The summed E-state index contributed by atoms with van der Waals surface area (Å²) in [5, 5.41) is 0. The van der Waals surface area contributed by atoms with Crippen LogP contribution in [0, 0.1) is 0 Å². The van der Waals surface area contributed by atoms with Gasteiger partial charge in [0, 0.05) is 0 Å². The number of benzene rings is 1. The normalized spacial score (nSPS) is 20.9. The number of rotatable bonds is 3. The van der Waals surface area contributed by atoms with Crippen LogP contribution < -0.4 is 48.0 Å². The molecular weight excluding hydrogens is 597 g/mol. The quantitative estimate of drug-likeness (QED) is 0.431. The summed E-state index contributed by atoms with van der Waals surface area (Å²) in [6.45, 7) is 14.2. The van der Waals surface area contributed by atoms with Crippen LogP contribution in [0.15, 0.2) is 52.1 Å². The molecule has 3 rings (SSSR count). The maximum Gasteiger partial charge on any atom is -1.00 e. The van der Waals surface area contributed by atoms with Crippen LogP contribution in [0.2, 0.25) is 3.12 Å². The Balaban J connectivity index is 0.00000144. The Labute approximate surface area is 193 Å². The van der Waals surface area contributed by atoms with Crippen LogP contribution >= 0.6 is 0 Å².